The van der Waals surface area contributed by atoms with E-state index in [4.69, 9.17) is 9.84 Å². The molecule has 0 aliphatic rings. The standard InChI is InChI=1S/C16H32O3/c1-8-16(7,9-10-17)19-14(18)13(11-12(2)3)15(4,5)6/h12-13,17H,8-11H2,1-7H3. The molecule has 0 heterocycles. The van der Waals surface area contributed by atoms with E-state index in [0.29, 0.717) is 12.3 Å². The molecule has 114 valence electrons. The van der Waals surface area contributed by atoms with E-state index in [1.165, 1.54) is 0 Å². The fourth-order valence-electron chi connectivity index (χ4n) is 2.13. The highest BCUT2D eigenvalue weighted by molar-refractivity contribution is 5.73. The number of hydrogen-bond acceptors (Lipinski definition) is 3. The molecule has 0 amide bonds. The van der Waals surface area contributed by atoms with Crippen LogP contribution in [0.1, 0.15) is 67.7 Å². The summed E-state index contributed by atoms with van der Waals surface area (Å²) >= 11 is 0. The van der Waals surface area contributed by atoms with Crippen molar-refractivity contribution in [2.24, 2.45) is 17.3 Å². The Kier molecular flexibility index (Phi) is 7.06. The highest BCUT2D eigenvalue weighted by Gasteiger charge is 2.36. The van der Waals surface area contributed by atoms with Crippen LogP contribution in [0, 0.1) is 17.3 Å². The number of hydrogen-bond donors (Lipinski definition) is 1. The fourth-order valence-corrected chi connectivity index (χ4v) is 2.13. The Morgan fingerprint density at radius 1 is 1.21 bits per heavy atom. The minimum Gasteiger partial charge on any atom is -0.459 e. The first-order valence-electron chi connectivity index (χ1n) is 7.39. The number of rotatable bonds is 7. The van der Waals surface area contributed by atoms with E-state index in [9.17, 15) is 4.79 Å². The highest BCUT2D eigenvalue weighted by atomic mass is 16.6. The first-order valence-corrected chi connectivity index (χ1v) is 7.39. The average molecular weight is 272 g/mol. The van der Waals surface area contributed by atoms with Gasteiger partial charge >= 0.3 is 5.97 Å². The molecule has 1 N–H and O–H groups in total. The van der Waals surface area contributed by atoms with E-state index in [-0.39, 0.29) is 23.9 Å². The van der Waals surface area contributed by atoms with Gasteiger partial charge in [-0.15, -0.1) is 0 Å². The van der Waals surface area contributed by atoms with Gasteiger partial charge in [-0.25, -0.2) is 0 Å². The van der Waals surface area contributed by atoms with Gasteiger partial charge in [-0.2, -0.15) is 0 Å². The van der Waals surface area contributed by atoms with Gasteiger partial charge in [-0.05, 0) is 31.1 Å². The van der Waals surface area contributed by atoms with Crippen molar-refractivity contribution in [2.45, 2.75) is 73.3 Å². The molecule has 0 rings (SSSR count). The van der Waals surface area contributed by atoms with Crippen molar-refractivity contribution >= 4 is 5.97 Å². The minimum atomic E-state index is -0.549. The van der Waals surface area contributed by atoms with E-state index in [1.807, 2.05) is 13.8 Å². The number of carbonyl (C=O) groups excluding carboxylic acids is 1. The third kappa shape index (κ3) is 6.42. The lowest BCUT2D eigenvalue weighted by Gasteiger charge is -2.35. The van der Waals surface area contributed by atoms with Crippen LogP contribution in [0.4, 0.5) is 0 Å². The van der Waals surface area contributed by atoms with Crippen LogP contribution in [0.15, 0.2) is 0 Å². The molecule has 0 spiro atoms. The Morgan fingerprint density at radius 3 is 2.05 bits per heavy atom. The number of ether oxygens (including phenoxy) is 1. The molecular weight excluding hydrogens is 240 g/mol. The lowest BCUT2D eigenvalue weighted by Crippen LogP contribution is -2.39. The van der Waals surface area contributed by atoms with E-state index in [1.54, 1.807) is 0 Å². The third-order valence-corrected chi connectivity index (χ3v) is 3.77. The number of aliphatic hydroxyl groups excluding tert-OH is 1. The average Bonchev–Trinajstić information content (AvgIpc) is 2.24. The van der Waals surface area contributed by atoms with Crippen LogP contribution in [0.3, 0.4) is 0 Å². The molecule has 0 fully saturated rings. The van der Waals surface area contributed by atoms with Gasteiger partial charge in [0.15, 0.2) is 0 Å². The van der Waals surface area contributed by atoms with Crippen LogP contribution in [-0.4, -0.2) is 23.3 Å². The second kappa shape index (κ2) is 7.28. The van der Waals surface area contributed by atoms with Crippen LogP contribution >= 0.6 is 0 Å². The SMILES string of the molecule is CCC(C)(CCO)OC(=O)C(CC(C)C)C(C)(C)C. The summed E-state index contributed by atoms with van der Waals surface area (Å²) in [6.07, 6.45) is 2.05. The largest absolute Gasteiger partial charge is 0.459 e. The maximum absolute atomic E-state index is 12.5. The topological polar surface area (TPSA) is 46.5 Å². The molecule has 0 saturated carbocycles. The summed E-state index contributed by atoms with van der Waals surface area (Å²) in [5.74, 6) is 0.235. The molecule has 0 radical (unpaired) electrons. The summed E-state index contributed by atoms with van der Waals surface area (Å²) in [5, 5.41) is 9.10. The predicted molar refractivity (Wildman–Crippen MR) is 78.9 cm³/mol. The Labute approximate surface area is 118 Å². The summed E-state index contributed by atoms with van der Waals surface area (Å²) in [5.41, 5.74) is -0.651. The maximum Gasteiger partial charge on any atom is 0.310 e. The molecule has 3 nitrogen and oxygen atoms in total. The van der Waals surface area contributed by atoms with Gasteiger partial charge in [0.25, 0.3) is 0 Å². The summed E-state index contributed by atoms with van der Waals surface area (Å²) in [7, 11) is 0. The van der Waals surface area contributed by atoms with E-state index in [2.05, 4.69) is 34.6 Å². The zero-order chi connectivity index (χ0) is 15.3. The minimum absolute atomic E-state index is 0.0436. The van der Waals surface area contributed by atoms with Gasteiger partial charge in [0.1, 0.15) is 5.60 Å². The van der Waals surface area contributed by atoms with Crippen LogP contribution in [0.2, 0.25) is 0 Å². The van der Waals surface area contributed by atoms with Gasteiger partial charge in [-0.1, -0.05) is 41.5 Å². The second-order valence-corrected chi connectivity index (χ2v) is 7.25. The first kappa shape index (κ1) is 18.4. The fraction of sp³-hybridized carbons (Fsp3) is 0.938. The van der Waals surface area contributed by atoms with Gasteiger partial charge in [0.2, 0.25) is 0 Å². The normalized spacial score (nSPS) is 17.1. The van der Waals surface area contributed by atoms with Crippen molar-refractivity contribution in [1.29, 1.82) is 0 Å². The molecular formula is C16H32O3. The number of aliphatic hydroxyl groups is 1. The van der Waals surface area contributed by atoms with Gasteiger partial charge in [-0.3, -0.25) is 4.79 Å². The molecule has 0 aliphatic heterocycles. The molecule has 19 heavy (non-hydrogen) atoms. The van der Waals surface area contributed by atoms with Crippen molar-refractivity contribution in [2.75, 3.05) is 6.61 Å². The van der Waals surface area contributed by atoms with Crippen molar-refractivity contribution in [1.82, 2.24) is 0 Å². The van der Waals surface area contributed by atoms with Crippen LogP contribution in [-0.2, 0) is 9.53 Å². The van der Waals surface area contributed by atoms with E-state index in [0.717, 1.165) is 12.8 Å². The molecule has 2 atom stereocenters. The predicted octanol–water partition coefficient (Wildman–Crippen LogP) is 3.79. The monoisotopic (exact) mass is 272 g/mol. The van der Waals surface area contributed by atoms with Crippen molar-refractivity contribution in [3.8, 4) is 0 Å². The maximum atomic E-state index is 12.5. The first-order chi connectivity index (χ1) is 8.55. The van der Waals surface area contributed by atoms with Gasteiger partial charge in [0.05, 0.1) is 5.92 Å². The number of carbonyl (C=O) groups is 1. The zero-order valence-corrected chi connectivity index (χ0v) is 13.7. The Balaban J connectivity index is 4.91. The van der Waals surface area contributed by atoms with E-state index < -0.39 is 5.60 Å². The van der Waals surface area contributed by atoms with Crippen LogP contribution in [0.5, 0.6) is 0 Å². The molecule has 0 aromatic heterocycles. The molecule has 2 unspecified atom stereocenters. The molecule has 0 bridgehead atoms. The van der Waals surface area contributed by atoms with Gasteiger partial charge < -0.3 is 9.84 Å². The smallest absolute Gasteiger partial charge is 0.310 e. The van der Waals surface area contributed by atoms with Gasteiger partial charge in [0, 0.05) is 13.0 Å². The molecule has 3 heteroatoms. The van der Waals surface area contributed by atoms with E-state index >= 15 is 0 Å². The second-order valence-electron chi connectivity index (χ2n) is 7.25. The Bertz CT molecular complexity index is 278. The quantitative estimate of drug-likeness (QED) is 0.717. The number of esters is 1. The molecule has 0 aromatic carbocycles. The highest BCUT2D eigenvalue weighted by Crippen LogP contribution is 2.34. The van der Waals surface area contributed by atoms with Crippen molar-refractivity contribution in [3.05, 3.63) is 0 Å². The Hall–Kier alpha value is -0.570. The summed E-state index contributed by atoms with van der Waals surface area (Å²) in [6.45, 7) is 14.4. The van der Waals surface area contributed by atoms with Crippen LogP contribution in [0.25, 0.3) is 0 Å². The van der Waals surface area contributed by atoms with Crippen molar-refractivity contribution < 1.29 is 14.6 Å². The summed E-state index contributed by atoms with van der Waals surface area (Å²) in [6, 6.07) is 0. The molecule has 0 aromatic rings. The zero-order valence-electron chi connectivity index (χ0n) is 13.7. The lowest BCUT2D eigenvalue weighted by molar-refractivity contribution is -0.169. The summed E-state index contributed by atoms with van der Waals surface area (Å²) in [4.78, 5) is 12.5. The third-order valence-electron chi connectivity index (χ3n) is 3.77. The van der Waals surface area contributed by atoms with Crippen LogP contribution < -0.4 is 0 Å². The molecule has 0 saturated heterocycles. The molecule has 0 aliphatic carbocycles. The van der Waals surface area contributed by atoms with Crippen molar-refractivity contribution in [3.63, 3.8) is 0 Å². The summed E-state index contributed by atoms with van der Waals surface area (Å²) < 4.78 is 5.72. The lowest BCUT2D eigenvalue weighted by atomic mass is 9.76. The Morgan fingerprint density at radius 2 is 1.74 bits per heavy atom.